The lowest BCUT2D eigenvalue weighted by molar-refractivity contribution is -0.138. The number of ether oxygens (including phenoxy) is 2. The third-order valence-electron chi connectivity index (χ3n) is 4.77. The van der Waals surface area contributed by atoms with Crippen molar-refractivity contribution in [2.75, 3.05) is 28.3 Å². The fraction of sp³-hybridized carbons (Fsp3) is 0.333. The molecule has 0 amide bonds. The standard InChI is InChI=1S/C24H29NO4/c1-15(2)18-9-8-16(3)21-20(14-18)17(12-13-25(4)5)10-11-19(23(26)28-6)22(21)24(27)29-7/h8-15H,1-7H3/b13-12+. The summed E-state index contributed by atoms with van der Waals surface area (Å²) in [6.45, 7) is 6.17. The number of methoxy groups -OCH3 is 2. The van der Waals surface area contributed by atoms with Crippen molar-refractivity contribution in [3.05, 3.63) is 81.7 Å². The van der Waals surface area contributed by atoms with Crippen LogP contribution in [-0.4, -0.2) is 45.2 Å². The van der Waals surface area contributed by atoms with Gasteiger partial charge in [-0.25, -0.2) is 9.59 Å². The monoisotopic (exact) mass is 395 g/mol. The van der Waals surface area contributed by atoms with E-state index in [1.807, 2.05) is 50.3 Å². The van der Waals surface area contributed by atoms with Gasteiger partial charge in [0, 0.05) is 19.7 Å². The van der Waals surface area contributed by atoms with E-state index < -0.39 is 11.9 Å². The smallest absolute Gasteiger partial charge is 0.339 e. The first-order valence-electron chi connectivity index (χ1n) is 9.50. The molecule has 0 heterocycles. The van der Waals surface area contributed by atoms with Gasteiger partial charge >= 0.3 is 11.9 Å². The van der Waals surface area contributed by atoms with Crippen LogP contribution in [0.25, 0.3) is 0 Å². The number of esters is 2. The molecule has 0 saturated carbocycles. The van der Waals surface area contributed by atoms with E-state index in [1.54, 1.807) is 6.08 Å². The molecule has 0 aromatic carbocycles. The number of rotatable bonds is 5. The summed E-state index contributed by atoms with van der Waals surface area (Å²) in [4.78, 5) is 27.3. The van der Waals surface area contributed by atoms with Gasteiger partial charge in [0.1, 0.15) is 0 Å². The zero-order chi connectivity index (χ0) is 21.7. The van der Waals surface area contributed by atoms with E-state index in [0.29, 0.717) is 11.5 Å². The Morgan fingerprint density at radius 2 is 1.66 bits per heavy atom. The second-order valence-corrected chi connectivity index (χ2v) is 7.44. The Kier molecular flexibility index (Phi) is 7.21. The average Bonchev–Trinajstić information content (AvgIpc) is 2.95. The summed E-state index contributed by atoms with van der Waals surface area (Å²) >= 11 is 0. The molecule has 29 heavy (non-hydrogen) atoms. The van der Waals surface area contributed by atoms with Crippen molar-refractivity contribution in [1.82, 2.24) is 4.90 Å². The molecule has 5 heteroatoms. The molecule has 2 rings (SSSR count). The van der Waals surface area contributed by atoms with Gasteiger partial charge in [0.2, 0.25) is 0 Å². The molecule has 2 aliphatic rings. The van der Waals surface area contributed by atoms with E-state index in [-0.39, 0.29) is 11.1 Å². The summed E-state index contributed by atoms with van der Waals surface area (Å²) in [7, 11) is 6.49. The largest absolute Gasteiger partial charge is 0.465 e. The second-order valence-electron chi connectivity index (χ2n) is 7.44. The predicted molar refractivity (Wildman–Crippen MR) is 115 cm³/mol. The topological polar surface area (TPSA) is 55.8 Å². The summed E-state index contributed by atoms with van der Waals surface area (Å²) in [5.41, 5.74) is 4.81. The minimum atomic E-state index is -0.583. The van der Waals surface area contributed by atoms with Crippen LogP contribution in [0.15, 0.2) is 81.7 Å². The maximum Gasteiger partial charge on any atom is 0.339 e. The Labute approximate surface area is 173 Å². The fourth-order valence-corrected chi connectivity index (χ4v) is 3.17. The molecular formula is C24H29NO4. The molecule has 0 unspecified atom stereocenters. The number of hydrogen-bond acceptors (Lipinski definition) is 5. The number of carbonyl (C=O) groups is 2. The van der Waals surface area contributed by atoms with Crippen LogP contribution in [-0.2, 0) is 19.1 Å². The number of carbonyl (C=O) groups excluding carboxylic acids is 2. The maximum absolute atomic E-state index is 12.8. The molecule has 0 saturated heterocycles. The van der Waals surface area contributed by atoms with Gasteiger partial charge in [0.25, 0.3) is 0 Å². The molecule has 0 atom stereocenters. The molecule has 2 aliphatic carbocycles. The Morgan fingerprint density at radius 3 is 2.21 bits per heavy atom. The van der Waals surface area contributed by atoms with Crippen LogP contribution in [0.3, 0.4) is 0 Å². The van der Waals surface area contributed by atoms with Crippen molar-refractivity contribution in [3.63, 3.8) is 0 Å². The van der Waals surface area contributed by atoms with E-state index in [0.717, 1.165) is 22.3 Å². The van der Waals surface area contributed by atoms with E-state index in [9.17, 15) is 9.59 Å². The van der Waals surface area contributed by atoms with Crippen LogP contribution in [0.5, 0.6) is 0 Å². The minimum absolute atomic E-state index is 0.175. The van der Waals surface area contributed by atoms with Gasteiger partial charge in [0.15, 0.2) is 0 Å². The van der Waals surface area contributed by atoms with Gasteiger partial charge in [-0.2, -0.15) is 0 Å². The van der Waals surface area contributed by atoms with Crippen molar-refractivity contribution in [1.29, 1.82) is 0 Å². The molecule has 154 valence electrons. The van der Waals surface area contributed by atoms with Gasteiger partial charge in [0.05, 0.1) is 25.4 Å². The summed E-state index contributed by atoms with van der Waals surface area (Å²) < 4.78 is 10.0. The highest BCUT2D eigenvalue weighted by Gasteiger charge is 2.30. The van der Waals surface area contributed by atoms with Crippen LogP contribution in [0.1, 0.15) is 20.8 Å². The first kappa shape index (κ1) is 22.2. The molecule has 5 nitrogen and oxygen atoms in total. The molecule has 0 fully saturated rings. The van der Waals surface area contributed by atoms with Gasteiger partial charge < -0.3 is 14.4 Å². The Morgan fingerprint density at radius 1 is 1.00 bits per heavy atom. The number of nitrogens with zero attached hydrogens (tertiary/aromatic N) is 1. The number of fused-ring (bicyclic) bond motifs is 1. The van der Waals surface area contributed by atoms with E-state index in [1.165, 1.54) is 14.2 Å². The number of allylic oxidation sites excluding steroid dienone is 9. The van der Waals surface area contributed by atoms with E-state index in [2.05, 4.69) is 26.0 Å². The Balaban J connectivity index is 2.94. The lowest BCUT2D eigenvalue weighted by Crippen LogP contribution is -2.16. The average molecular weight is 395 g/mol. The SMILES string of the molecule is COC(=O)C1=C(C(=O)OC)C2=C(C)C=CC(C(C)C)=CC2=C(/C=C/N(C)C)C=C1. The van der Waals surface area contributed by atoms with Gasteiger partial charge in [-0.1, -0.05) is 38.2 Å². The maximum atomic E-state index is 12.8. The highest BCUT2D eigenvalue weighted by molar-refractivity contribution is 6.07. The molecule has 0 bridgehead atoms. The third-order valence-corrected chi connectivity index (χ3v) is 4.77. The highest BCUT2D eigenvalue weighted by atomic mass is 16.5. The molecule has 0 spiro atoms. The first-order chi connectivity index (χ1) is 13.7. The van der Waals surface area contributed by atoms with E-state index >= 15 is 0 Å². The van der Waals surface area contributed by atoms with Crippen molar-refractivity contribution in [3.8, 4) is 0 Å². The molecular weight excluding hydrogens is 366 g/mol. The predicted octanol–water partition coefficient (Wildman–Crippen LogP) is 4.04. The highest BCUT2D eigenvalue weighted by Crippen LogP contribution is 2.37. The van der Waals surface area contributed by atoms with Crippen LogP contribution >= 0.6 is 0 Å². The minimum Gasteiger partial charge on any atom is -0.465 e. The normalized spacial score (nSPS) is 16.8. The molecule has 0 radical (unpaired) electrons. The van der Waals surface area contributed by atoms with Crippen LogP contribution in [0.4, 0.5) is 0 Å². The molecule has 0 aliphatic heterocycles. The van der Waals surface area contributed by atoms with Crippen molar-refractivity contribution >= 4 is 11.9 Å². The second kappa shape index (κ2) is 9.41. The third kappa shape index (κ3) is 4.86. The zero-order valence-corrected chi connectivity index (χ0v) is 18.2. The van der Waals surface area contributed by atoms with Gasteiger partial charge in [-0.3, -0.25) is 0 Å². The van der Waals surface area contributed by atoms with Gasteiger partial charge in [-0.15, -0.1) is 0 Å². The van der Waals surface area contributed by atoms with E-state index in [4.69, 9.17) is 9.47 Å². The summed E-state index contributed by atoms with van der Waals surface area (Å²) in [6, 6.07) is 0. The summed E-state index contributed by atoms with van der Waals surface area (Å²) in [5.74, 6) is -0.863. The van der Waals surface area contributed by atoms with Crippen LogP contribution < -0.4 is 0 Å². The summed E-state index contributed by atoms with van der Waals surface area (Å²) in [5, 5.41) is 0. The summed E-state index contributed by atoms with van der Waals surface area (Å²) in [6.07, 6.45) is 13.5. The van der Waals surface area contributed by atoms with Crippen LogP contribution in [0, 0.1) is 5.92 Å². The molecule has 0 aromatic rings. The lowest BCUT2D eigenvalue weighted by atomic mass is 9.88. The quantitative estimate of drug-likeness (QED) is 0.658. The Hall–Kier alpha value is -3.08. The first-order valence-corrected chi connectivity index (χ1v) is 9.50. The van der Waals surface area contributed by atoms with Crippen molar-refractivity contribution < 1.29 is 19.1 Å². The molecule has 0 N–H and O–H groups in total. The lowest BCUT2D eigenvalue weighted by Gasteiger charge is -2.17. The number of hydrogen-bond donors (Lipinski definition) is 0. The zero-order valence-electron chi connectivity index (χ0n) is 18.2. The van der Waals surface area contributed by atoms with Crippen molar-refractivity contribution in [2.24, 2.45) is 5.92 Å². The Bertz CT molecular complexity index is 919. The fourth-order valence-electron chi connectivity index (χ4n) is 3.17. The van der Waals surface area contributed by atoms with Gasteiger partial charge in [-0.05, 0) is 53.5 Å². The molecule has 0 aromatic heterocycles. The van der Waals surface area contributed by atoms with Crippen LogP contribution in [0.2, 0.25) is 0 Å². The van der Waals surface area contributed by atoms with Crippen molar-refractivity contribution in [2.45, 2.75) is 20.8 Å².